The highest BCUT2D eigenvalue weighted by molar-refractivity contribution is 5.74. The number of carbonyl (C=O) groups is 1. The molecule has 1 unspecified atom stereocenters. The third-order valence-electron chi connectivity index (χ3n) is 2.36. The molecule has 6 nitrogen and oxygen atoms in total. The molecule has 0 saturated carbocycles. The Labute approximate surface area is 96.3 Å². The lowest BCUT2D eigenvalue weighted by Gasteiger charge is -2.04. The van der Waals surface area contributed by atoms with Gasteiger partial charge < -0.3 is 10.8 Å². The molecule has 2 rings (SSSR count). The van der Waals surface area contributed by atoms with Crippen molar-refractivity contribution in [3.05, 3.63) is 52.4 Å². The Hall–Kier alpha value is -2.34. The topological polar surface area (TPSA) is 101 Å². The maximum atomic E-state index is 11.7. The highest BCUT2D eigenvalue weighted by Gasteiger charge is 2.17. The number of H-pyrrole nitrogens is 1. The van der Waals surface area contributed by atoms with Crippen molar-refractivity contribution < 1.29 is 9.90 Å². The number of aliphatic carboxylic acids is 1. The number of carboxylic acids is 1. The highest BCUT2D eigenvalue weighted by atomic mass is 16.4. The summed E-state index contributed by atoms with van der Waals surface area (Å²) < 4.78 is 1.25. The first-order valence-electron chi connectivity index (χ1n) is 4.95. The molecule has 0 aliphatic heterocycles. The van der Waals surface area contributed by atoms with E-state index >= 15 is 0 Å². The predicted molar refractivity (Wildman–Crippen MR) is 61.0 cm³/mol. The Morgan fingerprint density at radius 3 is 2.59 bits per heavy atom. The van der Waals surface area contributed by atoms with Crippen molar-refractivity contribution in [3.8, 4) is 5.69 Å². The molecule has 0 fully saturated rings. The van der Waals surface area contributed by atoms with E-state index in [1.54, 1.807) is 24.3 Å². The molecular formula is C11H11N3O3. The summed E-state index contributed by atoms with van der Waals surface area (Å²) in [5, 5.41) is 11.4. The first-order valence-corrected chi connectivity index (χ1v) is 4.95. The fourth-order valence-corrected chi connectivity index (χ4v) is 1.48. The second kappa shape index (κ2) is 4.26. The van der Waals surface area contributed by atoms with E-state index in [2.05, 4.69) is 5.10 Å². The number of para-hydroxylation sites is 1. The lowest BCUT2D eigenvalue weighted by molar-refractivity contribution is -0.138. The van der Waals surface area contributed by atoms with Crippen LogP contribution in [0, 0.1) is 0 Å². The van der Waals surface area contributed by atoms with Gasteiger partial charge in [-0.05, 0) is 12.1 Å². The first-order chi connectivity index (χ1) is 8.09. The Bertz CT molecular complexity index is 586. The number of nitrogens with zero attached hydrogens (tertiary/aromatic N) is 1. The van der Waals surface area contributed by atoms with Gasteiger partial charge in [0.2, 0.25) is 0 Å². The van der Waals surface area contributed by atoms with Gasteiger partial charge in [-0.15, -0.1) is 0 Å². The SMILES string of the molecule is NC(C(=O)O)c1cc(=O)n(-c2ccccc2)[nH]1. The minimum atomic E-state index is -1.23. The summed E-state index contributed by atoms with van der Waals surface area (Å²) >= 11 is 0. The van der Waals surface area contributed by atoms with Crippen molar-refractivity contribution in [2.75, 3.05) is 0 Å². The lowest BCUT2D eigenvalue weighted by Crippen LogP contribution is -2.21. The molecule has 1 heterocycles. The van der Waals surface area contributed by atoms with Gasteiger partial charge in [0, 0.05) is 6.07 Å². The van der Waals surface area contributed by atoms with Crippen LogP contribution in [0.15, 0.2) is 41.2 Å². The van der Waals surface area contributed by atoms with E-state index in [1.807, 2.05) is 6.07 Å². The summed E-state index contributed by atoms with van der Waals surface area (Å²) in [4.78, 5) is 22.4. The molecule has 1 atom stereocenters. The monoisotopic (exact) mass is 233 g/mol. The van der Waals surface area contributed by atoms with E-state index in [0.717, 1.165) is 0 Å². The van der Waals surface area contributed by atoms with Gasteiger partial charge in [-0.25, -0.2) is 4.68 Å². The van der Waals surface area contributed by atoms with Crippen molar-refractivity contribution in [1.29, 1.82) is 0 Å². The second-order valence-corrected chi connectivity index (χ2v) is 3.54. The van der Waals surface area contributed by atoms with Gasteiger partial charge >= 0.3 is 5.97 Å². The van der Waals surface area contributed by atoms with E-state index in [1.165, 1.54) is 10.7 Å². The number of aromatic nitrogens is 2. The zero-order valence-electron chi connectivity index (χ0n) is 8.83. The molecule has 1 aromatic carbocycles. The van der Waals surface area contributed by atoms with Gasteiger partial charge in [-0.1, -0.05) is 18.2 Å². The van der Waals surface area contributed by atoms with Crippen molar-refractivity contribution in [3.63, 3.8) is 0 Å². The summed E-state index contributed by atoms with van der Waals surface area (Å²) in [7, 11) is 0. The van der Waals surface area contributed by atoms with Gasteiger partial charge in [0.1, 0.15) is 6.04 Å². The molecule has 0 radical (unpaired) electrons. The first kappa shape index (κ1) is 11.2. The fraction of sp³-hybridized carbons (Fsp3) is 0.0909. The molecule has 0 spiro atoms. The number of nitrogens with one attached hydrogen (secondary N) is 1. The lowest BCUT2D eigenvalue weighted by atomic mass is 10.2. The molecule has 6 heteroatoms. The number of hydrogen-bond acceptors (Lipinski definition) is 3. The van der Waals surface area contributed by atoms with Crippen LogP contribution in [0.1, 0.15) is 11.7 Å². The van der Waals surface area contributed by atoms with Crippen LogP contribution < -0.4 is 11.3 Å². The normalized spacial score (nSPS) is 12.3. The van der Waals surface area contributed by atoms with E-state index in [-0.39, 0.29) is 11.3 Å². The summed E-state index contributed by atoms with van der Waals surface area (Å²) in [6.45, 7) is 0. The van der Waals surface area contributed by atoms with Crippen molar-refractivity contribution in [1.82, 2.24) is 9.78 Å². The summed E-state index contributed by atoms with van der Waals surface area (Å²) in [5.74, 6) is -1.19. The van der Waals surface area contributed by atoms with E-state index in [0.29, 0.717) is 5.69 Å². The minimum absolute atomic E-state index is 0.173. The van der Waals surface area contributed by atoms with Gasteiger partial charge in [-0.2, -0.15) is 0 Å². The van der Waals surface area contributed by atoms with Crippen LogP contribution in [0.3, 0.4) is 0 Å². The number of hydrogen-bond donors (Lipinski definition) is 3. The maximum Gasteiger partial charge on any atom is 0.326 e. The van der Waals surface area contributed by atoms with Crippen LogP contribution in [-0.4, -0.2) is 20.9 Å². The molecule has 0 amide bonds. The Balaban J connectivity index is 2.45. The van der Waals surface area contributed by atoms with Crippen molar-refractivity contribution in [2.45, 2.75) is 6.04 Å². The van der Waals surface area contributed by atoms with Crippen LogP contribution in [-0.2, 0) is 4.79 Å². The molecule has 1 aromatic heterocycles. The summed E-state index contributed by atoms with van der Waals surface area (Å²) in [5.41, 5.74) is 5.87. The Morgan fingerprint density at radius 2 is 2.00 bits per heavy atom. The molecule has 17 heavy (non-hydrogen) atoms. The second-order valence-electron chi connectivity index (χ2n) is 3.54. The molecule has 88 valence electrons. The standard InChI is InChI=1S/C11H11N3O3/c12-10(11(16)17)8-6-9(15)14(13-8)7-4-2-1-3-5-7/h1-6,10,13H,12H2,(H,16,17). The number of benzene rings is 1. The quantitative estimate of drug-likeness (QED) is 0.707. The van der Waals surface area contributed by atoms with Crippen LogP contribution in [0.25, 0.3) is 5.69 Å². The summed E-state index contributed by atoms with van der Waals surface area (Å²) in [6.07, 6.45) is 0. The number of aromatic amines is 1. The fourth-order valence-electron chi connectivity index (χ4n) is 1.48. The van der Waals surface area contributed by atoms with Crippen LogP contribution >= 0.6 is 0 Å². The Kier molecular flexibility index (Phi) is 2.80. The van der Waals surface area contributed by atoms with Crippen LogP contribution in [0.4, 0.5) is 0 Å². The van der Waals surface area contributed by atoms with E-state index in [4.69, 9.17) is 10.8 Å². The molecular weight excluding hydrogens is 222 g/mol. The number of carboxylic acid groups (broad SMARTS) is 1. The van der Waals surface area contributed by atoms with Gasteiger partial charge in [0.05, 0.1) is 11.4 Å². The van der Waals surface area contributed by atoms with Crippen LogP contribution in [0.5, 0.6) is 0 Å². The molecule has 0 bridgehead atoms. The average molecular weight is 233 g/mol. The number of nitrogens with two attached hydrogens (primary N) is 1. The minimum Gasteiger partial charge on any atom is -0.480 e. The zero-order chi connectivity index (χ0) is 12.4. The van der Waals surface area contributed by atoms with E-state index in [9.17, 15) is 9.59 Å². The molecule has 4 N–H and O–H groups in total. The smallest absolute Gasteiger partial charge is 0.326 e. The van der Waals surface area contributed by atoms with E-state index < -0.39 is 12.0 Å². The summed E-state index contributed by atoms with van der Waals surface area (Å²) in [6, 6.07) is 8.79. The number of rotatable bonds is 3. The highest BCUT2D eigenvalue weighted by Crippen LogP contribution is 2.08. The predicted octanol–water partition coefficient (Wildman–Crippen LogP) is 0.250. The van der Waals surface area contributed by atoms with Crippen molar-refractivity contribution in [2.24, 2.45) is 5.73 Å². The average Bonchev–Trinajstić information content (AvgIpc) is 2.71. The zero-order valence-corrected chi connectivity index (χ0v) is 8.83. The molecule has 0 saturated heterocycles. The maximum absolute atomic E-state index is 11.7. The van der Waals surface area contributed by atoms with Crippen LogP contribution in [0.2, 0.25) is 0 Å². The van der Waals surface area contributed by atoms with Crippen molar-refractivity contribution >= 4 is 5.97 Å². The van der Waals surface area contributed by atoms with Gasteiger partial charge in [-0.3, -0.25) is 14.7 Å². The molecule has 0 aliphatic carbocycles. The molecule has 0 aliphatic rings. The molecule has 2 aromatic rings. The third-order valence-corrected chi connectivity index (χ3v) is 2.36. The largest absolute Gasteiger partial charge is 0.480 e. The van der Waals surface area contributed by atoms with Gasteiger partial charge in [0.15, 0.2) is 0 Å². The Morgan fingerprint density at radius 1 is 1.35 bits per heavy atom. The van der Waals surface area contributed by atoms with Gasteiger partial charge in [0.25, 0.3) is 5.56 Å². The third kappa shape index (κ3) is 2.11.